The number of anilines is 1. The van der Waals surface area contributed by atoms with Crippen LogP contribution in [0.1, 0.15) is 21.5 Å². The van der Waals surface area contributed by atoms with E-state index in [1.807, 2.05) is 0 Å². The number of hydrogen-bond donors (Lipinski definition) is 1. The number of carbonyl (C=O) groups excluding carboxylic acids is 2. The van der Waals surface area contributed by atoms with Gasteiger partial charge in [0.15, 0.2) is 6.61 Å². The van der Waals surface area contributed by atoms with Gasteiger partial charge in [-0.3, -0.25) is 18.7 Å². The van der Waals surface area contributed by atoms with Gasteiger partial charge in [-0.1, -0.05) is 48.5 Å². The van der Waals surface area contributed by atoms with Crippen LogP contribution in [-0.2, 0) is 23.6 Å². The minimum Gasteiger partial charge on any atom is -0.496 e. The summed E-state index contributed by atoms with van der Waals surface area (Å²) >= 11 is 0. The second kappa shape index (κ2) is 9.82. The fourth-order valence-corrected chi connectivity index (χ4v) is 3.22. The van der Waals surface area contributed by atoms with Crippen LogP contribution in [0, 0.1) is 0 Å². The van der Waals surface area contributed by atoms with Crippen molar-refractivity contribution in [1.29, 1.82) is 0 Å². The van der Waals surface area contributed by atoms with Gasteiger partial charge in [-0.25, -0.2) is 9.59 Å². The van der Waals surface area contributed by atoms with Crippen molar-refractivity contribution in [3.63, 3.8) is 0 Å². The molecule has 0 aliphatic carbocycles. The molecule has 0 unspecified atom stereocenters. The lowest BCUT2D eigenvalue weighted by molar-refractivity contribution is -0.135. The minimum atomic E-state index is -0.857. The third kappa shape index (κ3) is 4.77. The molecular formula is C24H23N3O6. The first-order chi connectivity index (χ1) is 15.8. The summed E-state index contributed by atoms with van der Waals surface area (Å²) in [5, 5.41) is 0. The number of nitrogens with two attached hydrogens (primary N) is 1. The van der Waals surface area contributed by atoms with Gasteiger partial charge in [-0.05, 0) is 17.7 Å². The van der Waals surface area contributed by atoms with E-state index in [4.69, 9.17) is 15.2 Å². The molecule has 3 rings (SSSR count). The van der Waals surface area contributed by atoms with E-state index in [0.29, 0.717) is 16.9 Å². The van der Waals surface area contributed by atoms with E-state index in [-0.39, 0.29) is 11.4 Å². The first-order valence-corrected chi connectivity index (χ1v) is 9.92. The summed E-state index contributed by atoms with van der Waals surface area (Å²) < 4.78 is 12.3. The molecule has 0 atom stereocenters. The molecule has 3 aromatic rings. The number of carbonyl (C=O) groups is 2. The Hall–Kier alpha value is -4.40. The molecule has 0 spiro atoms. The number of hydrogen-bond acceptors (Lipinski definition) is 7. The minimum absolute atomic E-state index is 0.189. The quantitative estimate of drug-likeness (QED) is 0.252. The zero-order chi connectivity index (χ0) is 24.1. The maximum Gasteiger partial charge on any atom is 0.339 e. The fourth-order valence-electron chi connectivity index (χ4n) is 3.22. The molecule has 2 aromatic carbocycles. The Balaban J connectivity index is 1.94. The van der Waals surface area contributed by atoms with Gasteiger partial charge in [0.05, 0.1) is 12.7 Å². The number of benzene rings is 2. The van der Waals surface area contributed by atoms with Gasteiger partial charge >= 0.3 is 11.7 Å². The molecular weight excluding hydrogens is 426 g/mol. The van der Waals surface area contributed by atoms with Crippen molar-refractivity contribution >= 4 is 29.2 Å². The number of esters is 1. The lowest BCUT2D eigenvalue weighted by atomic mass is 10.0. The van der Waals surface area contributed by atoms with Crippen molar-refractivity contribution in [2.24, 2.45) is 14.1 Å². The van der Waals surface area contributed by atoms with E-state index >= 15 is 0 Å². The smallest absolute Gasteiger partial charge is 0.339 e. The number of Topliss-reactive ketones (excluding diaryl/α,β-unsaturated/α-hetero) is 1. The number of nitrogen functional groups attached to an aromatic ring is 1. The van der Waals surface area contributed by atoms with E-state index in [2.05, 4.69) is 0 Å². The van der Waals surface area contributed by atoms with Crippen molar-refractivity contribution in [2.45, 2.75) is 0 Å². The van der Waals surface area contributed by atoms with Crippen LogP contribution in [0.15, 0.2) is 64.2 Å². The summed E-state index contributed by atoms with van der Waals surface area (Å²) in [7, 11) is 4.09. The molecule has 0 bridgehead atoms. The molecule has 0 fully saturated rings. The zero-order valence-corrected chi connectivity index (χ0v) is 18.4. The monoisotopic (exact) mass is 449 g/mol. The molecule has 0 saturated carbocycles. The average molecular weight is 449 g/mol. The van der Waals surface area contributed by atoms with Crippen molar-refractivity contribution in [1.82, 2.24) is 9.13 Å². The predicted octanol–water partition coefficient (Wildman–Crippen LogP) is 1.64. The second-order valence-electron chi connectivity index (χ2n) is 7.13. The highest BCUT2D eigenvalue weighted by atomic mass is 16.5. The number of aromatic nitrogens is 2. The van der Waals surface area contributed by atoms with Crippen molar-refractivity contribution in [2.75, 3.05) is 19.5 Å². The van der Waals surface area contributed by atoms with E-state index in [9.17, 15) is 19.2 Å². The molecule has 170 valence electrons. The number of ether oxygens (including phenoxy) is 2. The fraction of sp³-hybridized carbons (Fsp3) is 0.167. The van der Waals surface area contributed by atoms with Gasteiger partial charge in [0, 0.05) is 19.7 Å². The van der Waals surface area contributed by atoms with E-state index in [1.165, 1.54) is 21.2 Å². The molecule has 0 aliphatic heterocycles. The summed E-state index contributed by atoms with van der Waals surface area (Å²) in [5.41, 5.74) is 5.26. The maximum absolute atomic E-state index is 13.0. The lowest BCUT2D eigenvalue weighted by Gasteiger charge is -2.12. The molecule has 0 saturated heterocycles. The average Bonchev–Trinajstić information content (AvgIpc) is 2.84. The van der Waals surface area contributed by atoms with Gasteiger partial charge in [0.2, 0.25) is 5.78 Å². The Kier molecular flexibility index (Phi) is 6.92. The van der Waals surface area contributed by atoms with Gasteiger partial charge in [-0.2, -0.15) is 0 Å². The summed E-state index contributed by atoms with van der Waals surface area (Å²) in [6, 6.07) is 15.9. The van der Waals surface area contributed by atoms with Crippen LogP contribution in [-0.4, -0.2) is 34.6 Å². The Morgan fingerprint density at radius 2 is 1.61 bits per heavy atom. The lowest BCUT2D eigenvalue weighted by Crippen LogP contribution is -2.42. The molecule has 0 aliphatic rings. The van der Waals surface area contributed by atoms with E-state index in [0.717, 1.165) is 9.13 Å². The first-order valence-electron chi connectivity index (χ1n) is 9.92. The number of nitrogens with zero attached hydrogens (tertiary/aromatic N) is 2. The van der Waals surface area contributed by atoms with Crippen LogP contribution in [0.2, 0.25) is 0 Å². The summed E-state index contributed by atoms with van der Waals surface area (Å²) in [5.74, 6) is -1.34. The molecule has 9 heteroatoms. The summed E-state index contributed by atoms with van der Waals surface area (Å²) in [6.45, 7) is -0.730. The van der Waals surface area contributed by atoms with Gasteiger partial charge in [0.25, 0.3) is 5.56 Å². The van der Waals surface area contributed by atoms with Crippen LogP contribution in [0.5, 0.6) is 5.75 Å². The van der Waals surface area contributed by atoms with Crippen LogP contribution in [0.3, 0.4) is 0 Å². The van der Waals surface area contributed by atoms with Crippen LogP contribution in [0.25, 0.3) is 11.6 Å². The Bertz CT molecular complexity index is 1350. The van der Waals surface area contributed by atoms with Crippen molar-refractivity contribution in [3.05, 3.63) is 92.1 Å². The highest BCUT2D eigenvalue weighted by molar-refractivity contribution is 6.22. The summed E-state index contributed by atoms with van der Waals surface area (Å²) in [6.07, 6.45) is 1.60. The largest absolute Gasteiger partial charge is 0.496 e. The molecule has 2 N–H and O–H groups in total. The molecule has 0 radical (unpaired) electrons. The third-order valence-electron chi connectivity index (χ3n) is 5.07. The molecule has 9 nitrogen and oxygen atoms in total. The number of methoxy groups -OCH3 is 1. The predicted molar refractivity (Wildman–Crippen MR) is 124 cm³/mol. The molecule has 1 aromatic heterocycles. The first kappa shape index (κ1) is 23.3. The van der Waals surface area contributed by atoms with Gasteiger partial charge in [0.1, 0.15) is 17.1 Å². The molecule has 1 heterocycles. The third-order valence-corrected chi connectivity index (χ3v) is 5.07. The second-order valence-corrected chi connectivity index (χ2v) is 7.13. The zero-order valence-electron chi connectivity index (χ0n) is 18.4. The number of ketones is 1. The Morgan fingerprint density at radius 1 is 0.970 bits per heavy atom. The molecule has 0 amide bonds. The number of para-hydroxylation sites is 1. The highest BCUT2D eigenvalue weighted by Crippen LogP contribution is 2.25. The SMILES string of the molecule is COc1ccccc1/C=C(/C(=O)OCC(=O)c1c(N)n(C)c(=O)n(C)c1=O)c1ccccc1. The van der Waals surface area contributed by atoms with Crippen LogP contribution in [0.4, 0.5) is 5.82 Å². The standard InChI is InChI=1S/C24H23N3O6/c1-26-21(25)20(22(29)27(2)24(26)31)18(28)14-33-23(30)17(15-9-5-4-6-10-15)13-16-11-7-8-12-19(16)32-3/h4-13H,14,25H2,1-3H3/b17-13+. The summed E-state index contributed by atoms with van der Waals surface area (Å²) in [4.78, 5) is 50.0. The Morgan fingerprint density at radius 3 is 2.27 bits per heavy atom. The van der Waals surface area contributed by atoms with E-state index < -0.39 is 35.2 Å². The highest BCUT2D eigenvalue weighted by Gasteiger charge is 2.23. The molecule has 33 heavy (non-hydrogen) atoms. The van der Waals surface area contributed by atoms with Crippen LogP contribution >= 0.6 is 0 Å². The topological polar surface area (TPSA) is 123 Å². The number of rotatable bonds is 7. The van der Waals surface area contributed by atoms with Gasteiger partial charge < -0.3 is 15.2 Å². The van der Waals surface area contributed by atoms with Crippen LogP contribution < -0.4 is 21.7 Å². The normalized spacial score (nSPS) is 11.2. The van der Waals surface area contributed by atoms with Crippen molar-refractivity contribution < 1.29 is 19.1 Å². The Labute approximate surface area is 189 Å². The maximum atomic E-state index is 13.0. The van der Waals surface area contributed by atoms with Crippen molar-refractivity contribution in [3.8, 4) is 5.75 Å². The van der Waals surface area contributed by atoms with Gasteiger partial charge in [-0.15, -0.1) is 0 Å². The van der Waals surface area contributed by atoms with E-state index in [1.54, 1.807) is 60.7 Å².